The molecule has 1 heterocycles. The Morgan fingerprint density at radius 2 is 2.12 bits per heavy atom. The van der Waals surface area contributed by atoms with Gasteiger partial charge in [0, 0.05) is 18.3 Å². The third-order valence-electron chi connectivity index (χ3n) is 3.60. The van der Waals surface area contributed by atoms with Gasteiger partial charge in [-0.1, -0.05) is 26.7 Å². The van der Waals surface area contributed by atoms with Crippen LogP contribution in [0, 0.1) is 11.8 Å². The Bertz CT molecular complexity index is 339. The molecule has 1 aliphatic carbocycles. The van der Waals surface area contributed by atoms with Gasteiger partial charge in [0.05, 0.1) is 12.0 Å². The zero-order chi connectivity index (χ0) is 11.7. The van der Waals surface area contributed by atoms with E-state index in [9.17, 15) is 0 Å². The van der Waals surface area contributed by atoms with Gasteiger partial charge >= 0.3 is 0 Å². The standard InChI is InChI=1S/C13H23N3/c1-9(2)13(14)12-7-15-8-16(12)10(3)6-11-4-5-11/h7-11,13H,4-6,14H2,1-3H3. The second-order valence-electron chi connectivity index (χ2n) is 5.52. The fourth-order valence-corrected chi connectivity index (χ4v) is 2.23. The van der Waals surface area contributed by atoms with Gasteiger partial charge in [0.2, 0.25) is 0 Å². The highest BCUT2D eigenvalue weighted by molar-refractivity contribution is 5.07. The molecular weight excluding hydrogens is 198 g/mol. The summed E-state index contributed by atoms with van der Waals surface area (Å²) in [5.74, 6) is 1.41. The summed E-state index contributed by atoms with van der Waals surface area (Å²) in [6, 6.07) is 0.638. The first-order valence-corrected chi connectivity index (χ1v) is 6.37. The minimum Gasteiger partial charge on any atom is -0.330 e. The zero-order valence-electron chi connectivity index (χ0n) is 10.6. The summed E-state index contributed by atoms with van der Waals surface area (Å²) in [4.78, 5) is 4.26. The van der Waals surface area contributed by atoms with Crippen LogP contribution in [0.5, 0.6) is 0 Å². The minimum atomic E-state index is 0.101. The van der Waals surface area contributed by atoms with Crippen LogP contribution < -0.4 is 5.73 Å². The van der Waals surface area contributed by atoms with Gasteiger partial charge in [0.15, 0.2) is 0 Å². The van der Waals surface area contributed by atoms with Gasteiger partial charge in [-0.3, -0.25) is 0 Å². The van der Waals surface area contributed by atoms with Gasteiger partial charge in [-0.05, 0) is 25.2 Å². The van der Waals surface area contributed by atoms with Crippen molar-refractivity contribution in [3.63, 3.8) is 0 Å². The Labute approximate surface area is 98.1 Å². The molecule has 1 aromatic rings. The maximum atomic E-state index is 6.21. The van der Waals surface area contributed by atoms with Gasteiger partial charge in [-0.15, -0.1) is 0 Å². The summed E-state index contributed by atoms with van der Waals surface area (Å²) in [5.41, 5.74) is 7.39. The molecule has 16 heavy (non-hydrogen) atoms. The van der Waals surface area contributed by atoms with E-state index in [-0.39, 0.29) is 6.04 Å². The molecule has 90 valence electrons. The van der Waals surface area contributed by atoms with Crippen molar-refractivity contribution in [3.8, 4) is 0 Å². The molecule has 0 bridgehead atoms. The van der Waals surface area contributed by atoms with Gasteiger partial charge in [-0.25, -0.2) is 4.98 Å². The van der Waals surface area contributed by atoms with E-state index in [0.717, 1.165) is 5.92 Å². The average Bonchev–Trinajstić information content (AvgIpc) is 2.91. The highest BCUT2D eigenvalue weighted by Crippen LogP contribution is 2.37. The van der Waals surface area contributed by atoms with Crippen molar-refractivity contribution in [2.75, 3.05) is 0 Å². The second kappa shape index (κ2) is 4.58. The van der Waals surface area contributed by atoms with Gasteiger partial charge < -0.3 is 10.3 Å². The number of hydrogen-bond acceptors (Lipinski definition) is 2. The molecule has 3 heteroatoms. The van der Waals surface area contributed by atoms with Crippen molar-refractivity contribution in [3.05, 3.63) is 18.2 Å². The van der Waals surface area contributed by atoms with Crippen molar-refractivity contribution in [2.45, 2.75) is 52.1 Å². The Balaban J connectivity index is 2.10. The van der Waals surface area contributed by atoms with E-state index in [4.69, 9.17) is 5.73 Å². The highest BCUT2D eigenvalue weighted by atomic mass is 15.1. The lowest BCUT2D eigenvalue weighted by atomic mass is 10.0. The molecule has 2 unspecified atom stereocenters. The quantitative estimate of drug-likeness (QED) is 0.830. The van der Waals surface area contributed by atoms with E-state index in [0.29, 0.717) is 12.0 Å². The van der Waals surface area contributed by atoms with Crippen molar-refractivity contribution in [1.29, 1.82) is 0 Å². The first kappa shape index (κ1) is 11.6. The highest BCUT2D eigenvalue weighted by Gasteiger charge is 2.26. The van der Waals surface area contributed by atoms with Crippen molar-refractivity contribution in [2.24, 2.45) is 17.6 Å². The number of aromatic nitrogens is 2. The summed E-state index contributed by atoms with van der Waals surface area (Å²) >= 11 is 0. The summed E-state index contributed by atoms with van der Waals surface area (Å²) in [6.45, 7) is 6.59. The van der Waals surface area contributed by atoms with Crippen LogP contribution in [0.15, 0.2) is 12.5 Å². The van der Waals surface area contributed by atoms with Crippen LogP contribution in [0.3, 0.4) is 0 Å². The molecule has 1 aromatic heterocycles. The molecule has 2 atom stereocenters. The predicted molar refractivity (Wildman–Crippen MR) is 66.0 cm³/mol. The normalized spacial score (nSPS) is 20.1. The van der Waals surface area contributed by atoms with Crippen molar-refractivity contribution >= 4 is 0 Å². The van der Waals surface area contributed by atoms with Crippen LogP contribution >= 0.6 is 0 Å². The molecule has 0 aliphatic heterocycles. The Morgan fingerprint density at radius 1 is 1.44 bits per heavy atom. The molecule has 0 saturated heterocycles. The molecule has 0 amide bonds. The van der Waals surface area contributed by atoms with Crippen LogP contribution in [0.25, 0.3) is 0 Å². The van der Waals surface area contributed by atoms with E-state index in [1.54, 1.807) is 0 Å². The molecule has 1 fully saturated rings. The number of nitrogens with two attached hydrogens (primary N) is 1. The third kappa shape index (κ3) is 2.46. The third-order valence-corrected chi connectivity index (χ3v) is 3.60. The number of nitrogens with zero attached hydrogens (tertiary/aromatic N) is 2. The molecule has 0 spiro atoms. The molecule has 1 aliphatic rings. The lowest BCUT2D eigenvalue weighted by molar-refractivity contribution is 0.421. The van der Waals surface area contributed by atoms with Gasteiger partial charge in [0.25, 0.3) is 0 Å². The largest absolute Gasteiger partial charge is 0.330 e. The first-order valence-electron chi connectivity index (χ1n) is 6.37. The molecular formula is C13H23N3. The Kier molecular flexibility index (Phi) is 3.33. The Morgan fingerprint density at radius 3 is 2.69 bits per heavy atom. The lowest BCUT2D eigenvalue weighted by Crippen LogP contribution is -2.21. The summed E-state index contributed by atoms with van der Waals surface area (Å²) in [5, 5.41) is 0. The maximum absolute atomic E-state index is 6.21. The molecule has 2 rings (SSSR count). The van der Waals surface area contributed by atoms with E-state index >= 15 is 0 Å². The number of rotatable bonds is 5. The minimum absolute atomic E-state index is 0.101. The summed E-state index contributed by atoms with van der Waals surface area (Å²) < 4.78 is 2.27. The Hall–Kier alpha value is -0.830. The zero-order valence-corrected chi connectivity index (χ0v) is 10.6. The average molecular weight is 221 g/mol. The topological polar surface area (TPSA) is 43.8 Å². The monoisotopic (exact) mass is 221 g/mol. The van der Waals surface area contributed by atoms with Crippen LogP contribution in [0.2, 0.25) is 0 Å². The maximum Gasteiger partial charge on any atom is 0.0951 e. The van der Waals surface area contributed by atoms with Crippen LogP contribution in [0.4, 0.5) is 0 Å². The van der Waals surface area contributed by atoms with Crippen LogP contribution in [0.1, 0.15) is 57.8 Å². The van der Waals surface area contributed by atoms with E-state index in [2.05, 4.69) is 30.3 Å². The lowest BCUT2D eigenvalue weighted by Gasteiger charge is -2.22. The van der Waals surface area contributed by atoms with E-state index < -0.39 is 0 Å². The predicted octanol–water partition coefficient (Wildman–Crippen LogP) is 2.90. The van der Waals surface area contributed by atoms with E-state index in [1.165, 1.54) is 25.0 Å². The second-order valence-corrected chi connectivity index (χ2v) is 5.52. The van der Waals surface area contributed by atoms with Crippen molar-refractivity contribution < 1.29 is 0 Å². The fourth-order valence-electron chi connectivity index (χ4n) is 2.23. The van der Waals surface area contributed by atoms with Crippen LogP contribution in [-0.2, 0) is 0 Å². The number of hydrogen-bond donors (Lipinski definition) is 1. The fraction of sp³-hybridized carbons (Fsp3) is 0.769. The van der Waals surface area contributed by atoms with Gasteiger partial charge in [0.1, 0.15) is 0 Å². The smallest absolute Gasteiger partial charge is 0.0951 e. The first-order chi connectivity index (χ1) is 7.59. The molecule has 0 radical (unpaired) electrons. The van der Waals surface area contributed by atoms with E-state index in [1.807, 2.05) is 12.5 Å². The molecule has 2 N–H and O–H groups in total. The van der Waals surface area contributed by atoms with Gasteiger partial charge in [-0.2, -0.15) is 0 Å². The summed E-state index contributed by atoms with van der Waals surface area (Å²) in [7, 11) is 0. The van der Waals surface area contributed by atoms with Crippen LogP contribution in [-0.4, -0.2) is 9.55 Å². The molecule has 3 nitrogen and oxygen atoms in total. The molecule has 1 saturated carbocycles. The molecule has 0 aromatic carbocycles. The number of imidazole rings is 1. The SMILES string of the molecule is CC(C)C(N)c1cncn1C(C)CC1CC1. The summed E-state index contributed by atoms with van der Waals surface area (Å²) in [6.07, 6.45) is 7.95. The van der Waals surface area contributed by atoms with Crippen molar-refractivity contribution in [1.82, 2.24) is 9.55 Å².